The normalized spacial score (nSPS) is 10.4. The van der Waals surface area contributed by atoms with Crippen LogP contribution in [-0.2, 0) is 4.74 Å². The summed E-state index contributed by atoms with van der Waals surface area (Å²) in [4.78, 5) is 15.7. The Morgan fingerprint density at radius 3 is 2.94 bits per heavy atom. The fourth-order valence-corrected chi connectivity index (χ4v) is 1.69. The van der Waals surface area contributed by atoms with Crippen molar-refractivity contribution in [2.75, 3.05) is 6.61 Å². The Bertz CT molecular complexity index is 580. The molecule has 0 aliphatic rings. The van der Waals surface area contributed by atoms with Crippen LogP contribution >= 0.6 is 11.6 Å². The third-order valence-corrected chi connectivity index (χ3v) is 2.50. The van der Waals surface area contributed by atoms with Crippen LogP contribution in [0.4, 0.5) is 0 Å². The van der Waals surface area contributed by atoms with E-state index in [1.54, 1.807) is 35.9 Å². The van der Waals surface area contributed by atoms with E-state index in [0.29, 0.717) is 17.6 Å². The van der Waals surface area contributed by atoms with E-state index in [9.17, 15) is 4.79 Å². The molecule has 0 aromatic carbocycles. The van der Waals surface area contributed by atoms with Crippen LogP contribution in [-0.4, -0.2) is 27.3 Å². The first-order valence-electron chi connectivity index (χ1n) is 5.48. The first kappa shape index (κ1) is 12.6. The highest BCUT2D eigenvalue weighted by atomic mass is 35.5. The van der Waals surface area contributed by atoms with Crippen molar-refractivity contribution in [3.8, 4) is 5.82 Å². The van der Waals surface area contributed by atoms with Crippen molar-refractivity contribution < 1.29 is 9.53 Å². The van der Waals surface area contributed by atoms with Gasteiger partial charge in [-0.3, -0.25) is 0 Å². The number of hydrogen-bond acceptors (Lipinski definition) is 4. The molecule has 18 heavy (non-hydrogen) atoms. The second-order valence-corrected chi connectivity index (χ2v) is 4.01. The molecule has 5 nitrogen and oxygen atoms in total. The molecule has 6 heteroatoms. The van der Waals surface area contributed by atoms with Crippen LogP contribution in [0.2, 0.25) is 5.15 Å². The number of halogens is 1. The van der Waals surface area contributed by atoms with E-state index < -0.39 is 5.97 Å². The van der Waals surface area contributed by atoms with E-state index in [1.165, 1.54) is 0 Å². The maximum absolute atomic E-state index is 11.6. The minimum atomic E-state index is -0.443. The van der Waals surface area contributed by atoms with Crippen LogP contribution in [0.1, 0.15) is 23.1 Å². The Morgan fingerprint density at radius 1 is 1.50 bits per heavy atom. The van der Waals surface area contributed by atoms with E-state index in [2.05, 4.69) is 10.1 Å². The molecule has 0 unspecified atom stereocenters. The van der Waals surface area contributed by atoms with Gasteiger partial charge in [-0.05, 0) is 32.0 Å². The van der Waals surface area contributed by atoms with Gasteiger partial charge in [0.25, 0.3) is 0 Å². The highest BCUT2D eigenvalue weighted by Gasteiger charge is 2.14. The first-order chi connectivity index (χ1) is 8.61. The first-order valence-corrected chi connectivity index (χ1v) is 5.86. The molecule has 0 spiro atoms. The van der Waals surface area contributed by atoms with Crippen molar-refractivity contribution in [1.82, 2.24) is 14.8 Å². The molecule has 2 rings (SSSR count). The monoisotopic (exact) mass is 265 g/mol. The van der Waals surface area contributed by atoms with Gasteiger partial charge in [0.2, 0.25) is 0 Å². The van der Waals surface area contributed by atoms with Crippen molar-refractivity contribution in [1.29, 1.82) is 0 Å². The molecular weight excluding hydrogens is 254 g/mol. The highest BCUT2D eigenvalue weighted by molar-refractivity contribution is 6.29. The molecule has 0 saturated carbocycles. The zero-order chi connectivity index (χ0) is 13.1. The van der Waals surface area contributed by atoms with Crippen LogP contribution in [0.5, 0.6) is 0 Å². The molecule has 2 aromatic heterocycles. The molecule has 2 heterocycles. The SMILES string of the molecule is CCOC(=O)c1cc(C)n(-c2cccc(Cl)n2)n1. The summed E-state index contributed by atoms with van der Waals surface area (Å²) in [6.07, 6.45) is 0. The highest BCUT2D eigenvalue weighted by Crippen LogP contribution is 2.13. The molecule has 0 aliphatic heterocycles. The van der Waals surface area contributed by atoms with Gasteiger partial charge >= 0.3 is 5.97 Å². The van der Waals surface area contributed by atoms with Gasteiger partial charge in [0.15, 0.2) is 11.5 Å². The number of hydrogen-bond donors (Lipinski definition) is 0. The van der Waals surface area contributed by atoms with E-state index in [4.69, 9.17) is 16.3 Å². The Morgan fingerprint density at radius 2 is 2.28 bits per heavy atom. The number of aryl methyl sites for hydroxylation is 1. The topological polar surface area (TPSA) is 57.0 Å². The van der Waals surface area contributed by atoms with E-state index in [-0.39, 0.29) is 5.69 Å². The maximum atomic E-state index is 11.6. The zero-order valence-corrected chi connectivity index (χ0v) is 10.8. The third-order valence-electron chi connectivity index (χ3n) is 2.29. The zero-order valence-electron chi connectivity index (χ0n) is 10.1. The molecule has 0 aliphatic carbocycles. The Labute approximate surface area is 109 Å². The molecule has 0 N–H and O–H groups in total. The summed E-state index contributed by atoms with van der Waals surface area (Å²) < 4.78 is 6.45. The Hall–Kier alpha value is -1.88. The molecule has 0 bridgehead atoms. The Kier molecular flexibility index (Phi) is 3.62. The summed E-state index contributed by atoms with van der Waals surface area (Å²) in [5, 5.41) is 4.54. The second-order valence-electron chi connectivity index (χ2n) is 3.62. The van der Waals surface area contributed by atoms with Gasteiger partial charge in [0.05, 0.1) is 6.61 Å². The molecule has 94 valence electrons. The van der Waals surface area contributed by atoms with Gasteiger partial charge < -0.3 is 4.74 Å². The predicted molar refractivity (Wildman–Crippen MR) is 67.1 cm³/mol. The molecule has 2 aromatic rings. The van der Waals surface area contributed by atoms with Gasteiger partial charge in [-0.25, -0.2) is 14.5 Å². The van der Waals surface area contributed by atoms with Crippen molar-refractivity contribution in [2.45, 2.75) is 13.8 Å². The van der Waals surface area contributed by atoms with E-state index in [0.717, 1.165) is 5.69 Å². The summed E-state index contributed by atoms with van der Waals surface area (Å²) in [7, 11) is 0. The van der Waals surface area contributed by atoms with E-state index in [1.807, 2.05) is 6.92 Å². The van der Waals surface area contributed by atoms with Crippen molar-refractivity contribution >= 4 is 17.6 Å². The maximum Gasteiger partial charge on any atom is 0.358 e. The van der Waals surface area contributed by atoms with Crippen LogP contribution < -0.4 is 0 Å². The lowest BCUT2D eigenvalue weighted by Gasteiger charge is -2.02. The summed E-state index contributed by atoms with van der Waals surface area (Å²) in [6, 6.07) is 6.87. The quantitative estimate of drug-likeness (QED) is 0.632. The molecule has 0 fully saturated rings. The van der Waals surface area contributed by atoms with Gasteiger partial charge in [0, 0.05) is 5.69 Å². The largest absolute Gasteiger partial charge is 0.461 e. The molecule has 0 saturated heterocycles. The lowest BCUT2D eigenvalue weighted by molar-refractivity contribution is 0.0519. The van der Waals surface area contributed by atoms with E-state index >= 15 is 0 Å². The van der Waals surface area contributed by atoms with Crippen molar-refractivity contribution in [3.05, 3.63) is 40.8 Å². The van der Waals surface area contributed by atoms with Gasteiger partial charge in [-0.2, -0.15) is 5.10 Å². The van der Waals surface area contributed by atoms with Crippen molar-refractivity contribution in [3.63, 3.8) is 0 Å². The van der Waals surface area contributed by atoms with Gasteiger partial charge in [-0.15, -0.1) is 0 Å². The number of pyridine rings is 1. The lowest BCUT2D eigenvalue weighted by Crippen LogP contribution is -2.07. The molecule has 0 amide bonds. The number of carbonyl (C=O) groups is 1. The summed E-state index contributed by atoms with van der Waals surface area (Å²) in [5.74, 6) is 0.122. The number of ether oxygens (including phenoxy) is 1. The molecule has 0 atom stereocenters. The number of nitrogens with zero attached hydrogens (tertiary/aromatic N) is 3. The molecular formula is C12H12ClN3O2. The number of esters is 1. The van der Waals surface area contributed by atoms with Crippen LogP contribution in [0.25, 0.3) is 5.82 Å². The molecule has 0 radical (unpaired) electrons. The Balaban J connectivity index is 2.38. The number of aromatic nitrogens is 3. The van der Waals surface area contributed by atoms with Crippen LogP contribution in [0.15, 0.2) is 24.3 Å². The van der Waals surface area contributed by atoms with Crippen LogP contribution in [0, 0.1) is 6.92 Å². The number of rotatable bonds is 3. The van der Waals surface area contributed by atoms with Crippen molar-refractivity contribution in [2.24, 2.45) is 0 Å². The minimum Gasteiger partial charge on any atom is -0.461 e. The average Bonchev–Trinajstić information content (AvgIpc) is 2.72. The van der Waals surface area contributed by atoms with Gasteiger partial charge in [0.1, 0.15) is 5.15 Å². The fraction of sp³-hybridized carbons (Fsp3) is 0.250. The summed E-state index contributed by atoms with van der Waals surface area (Å²) in [5.41, 5.74) is 1.05. The smallest absolute Gasteiger partial charge is 0.358 e. The van der Waals surface area contributed by atoms with Gasteiger partial charge in [-0.1, -0.05) is 17.7 Å². The fourth-order valence-electron chi connectivity index (χ4n) is 1.53. The summed E-state index contributed by atoms with van der Waals surface area (Å²) >= 11 is 5.82. The standard InChI is InChI=1S/C12H12ClN3O2/c1-3-18-12(17)9-7-8(2)16(15-9)11-6-4-5-10(13)14-11/h4-7H,3H2,1-2H3. The predicted octanol–water partition coefficient (Wildman–Crippen LogP) is 2.41. The summed E-state index contributed by atoms with van der Waals surface area (Å²) in [6.45, 7) is 3.90. The number of carbonyl (C=O) groups excluding carboxylic acids is 1. The minimum absolute atomic E-state index is 0.260. The average molecular weight is 266 g/mol. The lowest BCUT2D eigenvalue weighted by atomic mass is 10.4. The van der Waals surface area contributed by atoms with Crippen LogP contribution in [0.3, 0.4) is 0 Å². The third kappa shape index (κ3) is 2.51. The second kappa shape index (κ2) is 5.18.